The van der Waals surface area contributed by atoms with Gasteiger partial charge in [-0.15, -0.1) is 0 Å². The summed E-state index contributed by atoms with van der Waals surface area (Å²) in [5.41, 5.74) is -0.264. The number of anilines is 2. The van der Waals surface area contributed by atoms with Crippen molar-refractivity contribution in [3.8, 4) is 0 Å². The van der Waals surface area contributed by atoms with E-state index in [0.717, 1.165) is 4.68 Å². The SMILES string of the molecule is CC(C)(C)OC(=O)n1ncc2c(Nc3ccc(Br)cc3F)c(C(=O)O)ccc21. The molecule has 7 nitrogen and oxygen atoms in total. The van der Waals surface area contributed by atoms with Gasteiger partial charge in [0.1, 0.15) is 11.4 Å². The van der Waals surface area contributed by atoms with Crippen molar-refractivity contribution < 1.29 is 23.8 Å². The Morgan fingerprint density at radius 3 is 2.57 bits per heavy atom. The minimum Gasteiger partial charge on any atom is -0.478 e. The minimum atomic E-state index is -1.20. The molecule has 0 fully saturated rings. The smallest absolute Gasteiger partial charge is 0.435 e. The first kappa shape index (κ1) is 19.8. The van der Waals surface area contributed by atoms with Gasteiger partial charge in [0.2, 0.25) is 0 Å². The number of aromatic nitrogens is 2. The summed E-state index contributed by atoms with van der Waals surface area (Å²) in [5, 5.41) is 16.7. The molecule has 0 aliphatic heterocycles. The van der Waals surface area contributed by atoms with Crippen LogP contribution in [0.3, 0.4) is 0 Å². The largest absolute Gasteiger partial charge is 0.478 e. The number of carboxylic acids is 1. The molecule has 1 aromatic heterocycles. The lowest BCUT2D eigenvalue weighted by atomic mass is 10.1. The summed E-state index contributed by atoms with van der Waals surface area (Å²) in [6, 6.07) is 7.14. The number of carboxylic acid groups (broad SMARTS) is 1. The summed E-state index contributed by atoms with van der Waals surface area (Å²) in [6.45, 7) is 5.17. The number of ether oxygens (including phenoxy) is 1. The molecule has 0 spiro atoms. The topological polar surface area (TPSA) is 93.5 Å². The fraction of sp³-hybridized carbons (Fsp3) is 0.211. The number of hydrogen-bond acceptors (Lipinski definition) is 5. The highest BCUT2D eigenvalue weighted by Crippen LogP contribution is 2.32. The van der Waals surface area contributed by atoms with Crippen molar-refractivity contribution in [1.29, 1.82) is 0 Å². The molecule has 9 heteroatoms. The number of aromatic carboxylic acids is 1. The van der Waals surface area contributed by atoms with Gasteiger partial charge in [0.05, 0.1) is 28.7 Å². The van der Waals surface area contributed by atoms with Gasteiger partial charge < -0.3 is 15.2 Å². The van der Waals surface area contributed by atoms with Gasteiger partial charge in [0.15, 0.2) is 0 Å². The van der Waals surface area contributed by atoms with Crippen molar-refractivity contribution in [3.05, 3.63) is 52.4 Å². The Bertz CT molecular complexity index is 1090. The molecular weight excluding hydrogens is 433 g/mol. The molecule has 2 aromatic carbocycles. The van der Waals surface area contributed by atoms with Crippen molar-refractivity contribution >= 4 is 50.3 Å². The molecule has 1 heterocycles. The third-order valence-corrected chi connectivity index (χ3v) is 4.23. The Kier molecular flexibility index (Phi) is 5.12. The normalized spacial score (nSPS) is 11.5. The molecule has 0 saturated carbocycles. The first-order valence-electron chi connectivity index (χ1n) is 8.26. The van der Waals surface area contributed by atoms with Crippen LogP contribution in [0.4, 0.5) is 20.6 Å². The lowest BCUT2D eigenvalue weighted by molar-refractivity contribution is 0.0522. The number of carbonyl (C=O) groups is 2. The Labute approximate surface area is 168 Å². The summed E-state index contributed by atoms with van der Waals surface area (Å²) in [6.07, 6.45) is 0.636. The molecule has 0 unspecified atom stereocenters. The molecule has 0 amide bonds. The minimum absolute atomic E-state index is 0.0847. The number of nitrogens with one attached hydrogen (secondary N) is 1. The molecule has 0 bridgehead atoms. The molecule has 0 aliphatic carbocycles. The predicted molar refractivity (Wildman–Crippen MR) is 106 cm³/mol. The molecule has 3 rings (SSSR count). The van der Waals surface area contributed by atoms with Crippen LogP contribution in [0.5, 0.6) is 0 Å². The van der Waals surface area contributed by atoms with E-state index in [4.69, 9.17) is 4.74 Å². The number of fused-ring (bicyclic) bond motifs is 1. The predicted octanol–water partition coefficient (Wildman–Crippen LogP) is 5.16. The van der Waals surface area contributed by atoms with Crippen molar-refractivity contribution in [2.24, 2.45) is 0 Å². The molecule has 0 atom stereocenters. The average molecular weight is 450 g/mol. The zero-order valence-corrected chi connectivity index (χ0v) is 16.9. The Morgan fingerprint density at radius 2 is 1.96 bits per heavy atom. The number of rotatable bonds is 3. The fourth-order valence-corrected chi connectivity index (χ4v) is 2.92. The van der Waals surface area contributed by atoms with Gasteiger partial charge >= 0.3 is 12.1 Å². The molecule has 0 radical (unpaired) electrons. The van der Waals surface area contributed by atoms with Gasteiger partial charge in [-0.05, 0) is 51.1 Å². The van der Waals surface area contributed by atoms with Crippen LogP contribution < -0.4 is 5.32 Å². The van der Waals surface area contributed by atoms with Crippen LogP contribution in [0.25, 0.3) is 10.9 Å². The van der Waals surface area contributed by atoms with Crippen LogP contribution >= 0.6 is 15.9 Å². The van der Waals surface area contributed by atoms with Crippen molar-refractivity contribution in [1.82, 2.24) is 9.78 Å². The maximum atomic E-state index is 14.3. The van der Waals surface area contributed by atoms with Crippen LogP contribution in [-0.4, -0.2) is 32.6 Å². The molecule has 28 heavy (non-hydrogen) atoms. The first-order chi connectivity index (χ1) is 13.1. The maximum absolute atomic E-state index is 14.3. The van der Waals surface area contributed by atoms with Gasteiger partial charge in [-0.1, -0.05) is 15.9 Å². The summed E-state index contributed by atoms with van der Waals surface area (Å²) >= 11 is 3.18. The van der Waals surface area contributed by atoms with Crippen LogP contribution in [0, 0.1) is 5.82 Å². The first-order valence-corrected chi connectivity index (χ1v) is 9.05. The molecule has 0 saturated heterocycles. The standard InChI is InChI=1S/C19H17BrFN3O4/c1-19(2,3)28-18(27)24-15-7-5-11(17(25)26)16(12(15)9-22-24)23-14-6-4-10(20)8-13(14)21/h4-9,23H,1-3H3,(H,25,26). The number of nitrogens with zero attached hydrogens (tertiary/aromatic N) is 2. The molecule has 0 aliphatic rings. The Hall–Kier alpha value is -2.94. The quantitative estimate of drug-likeness (QED) is 0.573. The van der Waals surface area contributed by atoms with E-state index < -0.39 is 23.5 Å². The lowest BCUT2D eigenvalue weighted by Gasteiger charge is -2.19. The monoisotopic (exact) mass is 449 g/mol. The van der Waals surface area contributed by atoms with Crippen molar-refractivity contribution in [2.75, 3.05) is 5.32 Å². The van der Waals surface area contributed by atoms with Crippen molar-refractivity contribution in [3.63, 3.8) is 0 Å². The van der Waals surface area contributed by atoms with Gasteiger partial charge in [-0.25, -0.2) is 14.0 Å². The lowest BCUT2D eigenvalue weighted by Crippen LogP contribution is -2.27. The van der Waals surface area contributed by atoms with Crippen LogP contribution in [-0.2, 0) is 4.74 Å². The highest BCUT2D eigenvalue weighted by Gasteiger charge is 2.23. The summed E-state index contributed by atoms with van der Waals surface area (Å²) in [5.74, 6) is -1.77. The summed E-state index contributed by atoms with van der Waals surface area (Å²) in [4.78, 5) is 24.1. The third-order valence-electron chi connectivity index (χ3n) is 3.74. The van der Waals surface area contributed by atoms with Crippen LogP contribution in [0.15, 0.2) is 41.0 Å². The van der Waals surface area contributed by atoms with E-state index in [1.807, 2.05) is 0 Å². The van der Waals surface area contributed by atoms with E-state index in [0.29, 0.717) is 15.4 Å². The fourth-order valence-electron chi connectivity index (χ4n) is 2.59. The average Bonchev–Trinajstić information content (AvgIpc) is 3.00. The second kappa shape index (κ2) is 7.23. The highest BCUT2D eigenvalue weighted by atomic mass is 79.9. The van der Waals surface area contributed by atoms with E-state index >= 15 is 0 Å². The Balaban J connectivity index is 2.13. The highest BCUT2D eigenvalue weighted by molar-refractivity contribution is 9.10. The van der Waals surface area contributed by atoms with Gasteiger partial charge in [-0.2, -0.15) is 9.78 Å². The second-order valence-electron chi connectivity index (χ2n) is 7.01. The van der Waals surface area contributed by atoms with Gasteiger partial charge in [0.25, 0.3) is 0 Å². The number of benzene rings is 2. The van der Waals surface area contributed by atoms with E-state index in [-0.39, 0.29) is 16.9 Å². The van der Waals surface area contributed by atoms with Crippen molar-refractivity contribution in [2.45, 2.75) is 26.4 Å². The molecule has 146 valence electrons. The van der Waals surface area contributed by atoms with Gasteiger partial charge in [-0.3, -0.25) is 0 Å². The van der Waals surface area contributed by atoms with E-state index in [1.54, 1.807) is 26.8 Å². The van der Waals surface area contributed by atoms with E-state index in [2.05, 4.69) is 26.3 Å². The van der Waals surface area contributed by atoms with Gasteiger partial charge in [0, 0.05) is 9.86 Å². The zero-order chi connectivity index (χ0) is 20.6. The Morgan fingerprint density at radius 1 is 1.25 bits per heavy atom. The molecule has 3 aromatic rings. The van der Waals surface area contributed by atoms with Crippen LogP contribution in [0.1, 0.15) is 31.1 Å². The van der Waals surface area contributed by atoms with E-state index in [1.165, 1.54) is 30.5 Å². The third kappa shape index (κ3) is 3.99. The number of hydrogen-bond donors (Lipinski definition) is 2. The maximum Gasteiger partial charge on any atom is 0.435 e. The van der Waals surface area contributed by atoms with E-state index in [9.17, 15) is 19.1 Å². The molecular formula is C19H17BrFN3O4. The zero-order valence-electron chi connectivity index (χ0n) is 15.3. The van der Waals surface area contributed by atoms with Crippen LogP contribution in [0.2, 0.25) is 0 Å². The number of carbonyl (C=O) groups excluding carboxylic acids is 1. The number of halogens is 2. The second-order valence-corrected chi connectivity index (χ2v) is 7.93. The summed E-state index contributed by atoms with van der Waals surface area (Å²) < 4.78 is 21.2. The summed E-state index contributed by atoms with van der Waals surface area (Å²) in [7, 11) is 0. The molecule has 2 N–H and O–H groups in total.